The van der Waals surface area contributed by atoms with E-state index in [-0.39, 0.29) is 11.3 Å². The lowest BCUT2D eigenvalue weighted by Gasteiger charge is -2.10. The van der Waals surface area contributed by atoms with Gasteiger partial charge < -0.3 is 5.11 Å². The smallest absolute Gasteiger partial charge is 0.275 e. The van der Waals surface area contributed by atoms with Crippen LogP contribution in [-0.4, -0.2) is 15.0 Å². The SMILES string of the molecule is O=[N+]([O-])c1ccccc1C(O)c1ccccn1. The molecule has 0 bridgehead atoms. The van der Waals surface area contributed by atoms with Crippen molar-refractivity contribution in [3.63, 3.8) is 0 Å². The Labute approximate surface area is 97.5 Å². The van der Waals surface area contributed by atoms with Crippen LogP contribution in [0.4, 0.5) is 5.69 Å². The average Bonchev–Trinajstić information content (AvgIpc) is 2.39. The van der Waals surface area contributed by atoms with E-state index in [2.05, 4.69) is 4.98 Å². The normalized spacial score (nSPS) is 12.1. The number of aliphatic hydroxyl groups excluding tert-OH is 1. The van der Waals surface area contributed by atoms with E-state index in [0.717, 1.165) is 0 Å². The number of benzene rings is 1. The predicted molar refractivity (Wildman–Crippen MR) is 61.4 cm³/mol. The second-order valence-corrected chi connectivity index (χ2v) is 3.47. The van der Waals surface area contributed by atoms with Crippen molar-refractivity contribution in [3.05, 3.63) is 70.0 Å². The summed E-state index contributed by atoms with van der Waals surface area (Å²) in [5.41, 5.74) is 0.531. The van der Waals surface area contributed by atoms with E-state index in [4.69, 9.17) is 0 Å². The largest absolute Gasteiger partial charge is 0.382 e. The summed E-state index contributed by atoms with van der Waals surface area (Å²) in [6.45, 7) is 0. The molecule has 1 aromatic carbocycles. The molecule has 1 heterocycles. The predicted octanol–water partition coefficient (Wildman–Crippen LogP) is 2.07. The van der Waals surface area contributed by atoms with Crippen LogP contribution in [-0.2, 0) is 0 Å². The number of para-hydroxylation sites is 1. The van der Waals surface area contributed by atoms with Gasteiger partial charge in [-0.1, -0.05) is 18.2 Å². The Morgan fingerprint density at radius 1 is 1.18 bits per heavy atom. The lowest BCUT2D eigenvalue weighted by atomic mass is 10.0. The standard InChI is InChI=1S/C12H10N2O3/c15-12(10-6-3-4-8-13-10)9-5-1-2-7-11(9)14(16)17/h1-8,12,15H. The van der Waals surface area contributed by atoms with E-state index >= 15 is 0 Å². The number of hydrogen-bond donors (Lipinski definition) is 1. The number of nitro benzene ring substituents is 1. The number of rotatable bonds is 3. The Morgan fingerprint density at radius 2 is 1.88 bits per heavy atom. The zero-order valence-corrected chi connectivity index (χ0v) is 8.85. The van der Waals surface area contributed by atoms with Gasteiger partial charge in [-0.2, -0.15) is 0 Å². The average molecular weight is 230 g/mol. The maximum atomic E-state index is 10.8. The highest BCUT2D eigenvalue weighted by molar-refractivity contribution is 5.43. The molecule has 0 radical (unpaired) electrons. The summed E-state index contributed by atoms with van der Waals surface area (Å²) in [7, 11) is 0. The van der Waals surface area contributed by atoms with Gasteiger partial charge in [0.05, 0.1) is 16.2 Å². The first-order valence-electron chi connectivity index (χ1n) is 5.02. The third-order valence-corrected chi connectivity index (χ3v) is 2.40. The fraction of sp³-hybridized carbons (Fsp3) is 0.0833. The third kappa shape index (κ3) is 2.29. The maximum Gasteiger partial charge on any atom is 0.275 e. The molecule has 0 aliphatic carbocycles. The summed E-state index contributed by atoms with van der Waals surface area (Å²) in [6, 6.07) is 11.2. The lowest BCUT2D eigenvalue weighted by molar-refractivity contribution is -0.386. The number of aromatic nitrogens is 1. The summed E-state index contributed by atoms with van der Waals surface area (Å²) in [6.07, 6.45) is 0.450. The molecule has 0 saturated heterocycles. The molecule has 0 fully saturated rings. The van der Waals surface area contributed by atoms with E-state index < -0.39 is 11.0 Å². The van der Waals surface area contributed by atoms with Gasteiger partial charge in [-0.3, -0.25) is 15.1 Å². The number of nitrogens with zero attached hydrogens (tertiary/aromatic N) is 2. The van der Waals surface area contributed by atoms with Gasteiger partial charge in [-0.05, 0) is 18.2 Å². The van der Waals surface area contributed by atoms with Crippen LogP contribution in [0.25, 0.3) is 0 Å². The van der Waals surface area contributed by atoms with Crippen LogP contribution >= 0.6 is 0 Å². The Balaban J connectivity index is 2.44. The highest BCUT2D eigenvalue weighted by atomic mass is 16.6. The number of nitro groups is 1. The van der Waals surface area contributed by atoms with E-state index in [1.807, 2.05) is 0 Å². The minimum atomic E-state index is -1.09. The first-order valence-corrected chi connectivity index (χ1v) is 5.02. The minimum absolute atomic E-state index is 0.106. The van der Waals surface area contributed by atoms with Gasteiger partial charge in [0.1, 0.15) is 6.10 Å². The summed E-state index contributed by atoms with van der Waals surface area (Å²) in [5, 5.41) is 20.9. The molecule has 2 rings (SSSR count). The molecule has 1 aromatic heterocycles. The van der Waals surface area contributed by atoms with Crippen molar-refractivity contribution in [2.24, 2.45) is 0 Å². The van der Waals surface area contributed by atoms with Crippen LogP contribution < -0.4 is 0 Å². The molecule has 1 atom stereocenters. The molecule has 17 heavy (non-hydrogen) atoms. The first kappa shape index (κ1) is 11.2. The second kappa shape index (κ2) is 4.71. The van der Waals surface area contributed by atoms with Gasteiger partial charge in [-0.15, -0.1) is 0 Å². The van der Waals surface area contributed by atoms with Crippen molar-refractivity contribution >= 4 is 5.69 Å². The van der Waals surface area contributed by atoms with Crippen LogP contribution in [0, 0.1) is 10.1 Å². The van der Waals surface area contributed by atoms with Crippen LogP contribution in [0.3, 0.4) is 0 Å². The maximum absolute atomic E-state index is 10.8. The van der Waals surface area contributed by atoms with E-state index in [1.165, 1.54) is 18.3 Å². The molecule has 0 spiro atoms. The fourth-order valence-corrected chi connectivity index (χ4v) is 1.58. The Bertz CT molecular complexity index is 528. The van der Waals surface area contributed by atoms with Gasteiger partial charge >= 0.3 is 0 Å². The number of aliphatic hydroxyl groups is 1. The topological polar surface area (TPSA) is 76.3 Å². The first-order chi connectivity index (χ1) is 8.20. The van der Waals surface area contributed by atoms with Crippen molar-refractivity contribution in [2.75, 3.05) is 0 Å². The number of hydrogen-bond acceptors (Lipinski definition) is 4. The second-order valence-electron chi connectivity index (χ2n) is 3.47. The Morgan fingerprint density at radius 3 is 2.53 bits per heavy atom. The molecule has 0 amide bonds. The highest BCUT2D eigenvalue weighted by Gasteiger charge is 2.21. The summed E-state index contributed by atoms with van der Waals surface area (Å²) < 4.78 is 0. The molecule has 0 aliphatic heterocycles. The highest BCUT2D eigenvalue weighted by Crippen LogP contribution is 2.28. The van der Waals surface area contributed by atoms with Gasteiger partial charge in [0.2, 0.25) is 0 Å². The zero-order valence-electron chi connectivity index (χ0n) is 8.85. The molecule has 5 nitrogen and oxygen atoms in total. The quantitative estimate of drug-likeness (QED) is 0.646. The third-order valence-electron chi connectivity index (χ3n) is 2.40. The number of pyridine rings is 1. The summed E-state index contributed by atoms with van der Waals surface area (Å²) in [4.78, 5) is 14.3. The Hall–Kier alpha value is -2.27. The van der Waals surface area contributed by atoms with Crippen LogP contribution in [0.1, 0.15) is 17.4 Å². The van der Waals surface area contributed by atoms with Gasteiger partial charge in [0.25, 0.3) is 5.69 Å². The Kier molecular flexibility index (Phi) is 3.11. The molecule has 1 unspecified atom stereocenters. The van der Waals surface area contributed by atoms with Crippen molar-refractivity contribution < 1.29 is 10.0 Å². The molecule has 0 saturated carbocycles. The van der Waals surface area contributed by atoms with Crippen molar-refractivity contribution in [2.45, 2.75) is 6.10 Å². The molecule has 1 N–H and O–H groups in total. The molecule has 5 heteroatoms. The molecular weight excluding hydrogens is 220 g/mol. The van der Waals surface area contributed by atoms with E-state index in [1.54, 1.807) is 30.3 Å². The van der Waals surface area contributed by atoms with Crippen LogP contribution in [0.2, 0.25) is 0 Å². The lowest BCUT2D eigenvalue weighted by Crippen LogP contribution is -2.05. The van der Waals surface area contributed by atoms with E-state index in [0.29, 0.717) is 5.69 Å². The van der Waals surface area contributed by atoms with Crippen molar-refractivity contribution in [1.82, 2.24) is 4.98 Å². The molecular formula is C12H10N2O3. The minimum Gasteiger partial charge on any atom is -0.382 e. The van der Waals surface area contributed by atoms with Gasteiger partial charge in [0.15, 0.2) is 0 Å². The van der Waals surface area contributed by atoms with Crippen LogP contribution in [0.5, 0.6) is 0 Å². The fourth-order valence-electron chi connectivity index (χ4n) is 1.58. The molecule has 86 valence electrons. The molecule has 0 aliphatic rings. The molecule has 2 aromatic rings. The van der Waals surface area contributed by atoms with Gasteiger partial charge in [0, 0.05) is 12.3 Å². The monoisotopic (exact) mass is 230 g/mol. The van der Waals surface area contributed by atoms with E-state index in [9.17, 15) is 15.2 Å². The van der Waals surface area contributed by atoms with Crippen LogP contribution in [0.15, 0.2) is 48.7 Å². The van der Waals surface area contributed by atoms with Crippen molar-refractivity contribution in [1.29, 1.82) is 0 Å². The van der Waals surface area contributed by atoms with Gasteiger partial charge in [-0.25, -0.2) is 0 Å². The zero-order chi connectivity index (χ0) is 12.3. The van der Waals surface area contributed by atoms with Crippen molar-refractivity contribution in [3.8, 4) is 0 Å². The summed E-state index contributed by atoms with van der Waals surface area (Å²) >= 11 is 0. The summed E-state index contributed by atoms with van der Waals surface area (Å²) in [5.74, 6) is 0.